The highest BCUT2D eigenvalue weighted by molar-refractivity contribution is 7.07. The number of hydrogen-bond acceptors (Lipinski definition) is 5. The van der Waals surface area contributed by atoms with Crippen molar-refractivity contribution < 1.29 is 4.74 Å². The average molecular weight is 265 g/mol. The summed E-state index contributed by atoms with van der Waals surface area (Å²) in [5.41, 5.74) is 8.29. The summed E-state index contributed by atoms with van der Waals surface area (Å²) >= 11 is 1.17. The summed E-state index contributed by atoms with van der Waals surface area (Å²) in [5.74, 6) is 0.765. The summed E-state index contributed by atoms with van der Waals surface area (Å²) in [6.45, 7) is 1.27. The number of anilines is 1. The van der Waals surface area contributed by atoms with Gasteiger partial charge in [-0.05, 0) is 6.07 Å². The van der Waals surface area contributed by atoms with Crippen LogP contribution in [0.4, 0.5) is 5.69 Å². The van der Waals surface area contributed by atoms with Crippen LogP contribution in [0.15, 0.2) is 28.4 Å². The molecule has 0 saturated carbocycles. The van der Waals surface area contributed by atoms with Gasteiger partial charge >= 0.3 is 4.87 Å². The van der Waals surface area contributed by atoms with Crippen LogP contribution in [0.3, 0.4) is 0 Å². The van der Waals surface area contributed by atoms with Crippen LogP contribution in [0.2, 0.25) is 0 Å². The number of rotatable bonds is 5. The molecule has 2 aromatic rings. The third-order valence-electron chi connectivity index (χ3n) is 2.51. The van der Waals surface area contributed by atoms with E-state index in [1.807, 2.05) is 17.5 Å². The molecule has 96 valence electrons. The van der Waals surface area contributed by atoms with E-state index in [0.717, 1.165) is 17.0 Å². The fraction of sp³-hybridized carbons (Fsp3) is 0.250. The van der Waals surface area contributed by atoms with Crippen LogP contribution in [0.5, 0.6) is 5.75 Å². The number of hydrogen-bond donors (Lipinski definition) is 3. The summed E-state index contributed by atoms with van der Waals surface area (Å²) in [5, 5.41) is 5.06. The number of aromatic amines is 1. The van der Waals surface area contributed by atoms with Crippen LogP contribution in [0, 0.1) is 0 Å². The predicted octanol–water partition coefficient (Wildman–Crippen LogP) is 1.32. The first kappa shape index (κ1) is 12.7. The Kier molecular flexibility index (Phi) is 4.01. The molecule has 0 unspecified atom stereocenters. The van der Waals surface area contributed by atoms with Crippen molar-refractivity contribution in [3.8, 4) is 5.75 Å². The van der Waals surface area contributed by atoms with Gasteiger partial charge in [-0.1, -0.05) is 17.4 Å². The number of ether oxygens (including phenoxy) is 1. The highest BCUT2D eigenvalue weighted by Crippen LogP contribution is 2.21. The van der Waals surface area contributed by atoms with Crippen molar-refractivity contribution in [2.24, 2.45) is 0 Å². The van der Waals surface area contributed by atoms with Crippen molar-refractivity contribution in [3.63, 3.8) is 0 Å². The van der Waals surface area contributed by atoms with E-state index in [-0.39, 0.29) is 4.87 Å². The molecule has 0 amide bonds. The van der Waals surface area contributed by atoms with E-state index in [1.165, 1.54) is 11.3 Å². The molecule has 4 N–H and O–H groups in total. The Bertz CT molecular complexity index is 577. The second-order valence-corrected chi connectivity index (χ2v) is 4.69. The molecule has 1 heterocycles. The third kappa shape index (κ3) is 3.12. The molecule has 0 saturated heterocycles. The van der Waals surface area contributed by atoms with Gasteiger partial charge in [-0.2, -0.15) is 0 Å². The second kappa shape index (κ2) is 5.70. The largest absolute Gasteiger partial charge is 0.496 e. The molecular formula is C12H15N3O2S. The van der Waals surface area contributed by atoms with Gasteiger partial charge in [0.15, 0.2) is 0 Å². The lowest BCUT2D eigenvalue weighted by Gasteiger charge is -2.09. The Morgan fingerprint density at radius 3 is 2.94 bits per heavy atom. The van der Waals surface area contributed by atoms with Gasteiger partial charge in [0.1, 0.15) is 5.75 Å². The van der Waals surface area contributed by atoms with Gasteiger partial charge < -0.3 is 20.8 Å². The van der Waals surface area contributed by atoms with Gasteiger partial charge in [-0.25, -0.2) is 0 Å². The van der Waals surface area contributed by atoms with Gasteiger partial charge in [-0.15, -0.1) is 0 Å². The maximum Gasteiger partial charge on any atom is 0.304 e. The summed E-state index contributed by atoms with van der Waals surface area (Å²) in [7, 11) is 1.62. The minimum Gasteiger partial charge on any atom is -0.496 e. The van der Waals surface area contributed by atoms with E-state index in [4.69, 9.17) is 10.5 Å². The quantitative estimate of drug-likeness (QED) is 0.712. The Balaban J connectivity index is 1.96. The van der Waals surface area contributed by atoms with Crippen LogP contribution < -0.4 is 20.7 Å². The van der Waals surface area contributed by atoms with Crippen LogP contribution in [-0.4, -0.2) is 12.1 Å². The zero-order chi connectivity index (χ0) is 13.0. The molecule has 0 fully saturated rings. The Hall–Kier alpha value is -1.79. The number of thiazole rings is 1. The molecule has 0 bridgehead atoms. The summed E-state index contributed by atoms with van der Waals surface area (Å²) < 4.78 is 5.26. The van der Waals surface area contributed by atoms with Gasteiger partial charge in [0.25, 0.3) is 0 Å². The standard InChI is InChI=1S/C12H15N3O2S/c1-17-11-4-9(13)3-2-8(11)5-14-6-10-7-18-12(16)15-10/h2-4,7,14H,5-6,13H2,1H3,(H,15,16). The van der Waals surface area contributed by atoms with Crippen LogP contribution in [-0.2, 0) is 13.1 Å². The van der Waals surface area contributed by atoms with Crippen molar-refractivity contribution in [1.29, 1.82) is 0 Å². The summed E-state index contributed by atoms with van der Waals surface area (Å²) in [6, 6.07) is 5.56. The fourth-order valence-corrected chi connectivity index (χ4v) is 2.22. The molecule has 6 heteroatoms. The van der Waals surface area contributed by atoms with Crippen molar-refractivity contribution >= 4 is 17.0 Å². The van der Waals surface area contributed by atoms with Crippen molar-refractivity contribution in [1.82, 2.24) is 10.3 Å². The van der Waals surface area contributed by atoms with E-state index in [1.54, 1.807) is 13.2 Å². The summed E-state index contributed by atoms with van der Waals surface area (Å²) in [6.07, 6.45) is 0. The molecule has 0 radical (unpaired) electrons. The van der Waals surface area contributed by atoms with Gasteiger partial charge in [-0.3, -0.25) is 4.79 Å². The summed E-state index contributed by atoms with van der Waals surface area (Å²) in [4.78, 5) is 13.7. The number of nitrogens with one attached hydrogen (secondary N) is 2. The molecule has 0 spiro atoms. The fourth-order valence-electron chi connectivity index (χ4n) is 1.64. The van der Waals surface area contributed by atoms with Crippen molar-refractivity contribution in [3.05, 3.63) is 44.5 Å². The Morgan fingerprint density at radius 1 is 1.44 bits per heavy atom. The molecular weight excluding hydrogens is 250 g/mol. The monoisotopic (exact) mass is 265 g/mol. The van der Waals surface area contributed by atoms with Crippen molar-refractivity contribution in [2.75, 3.05) is 12.8 Å². The SMILES string of the molecule is COc1cc(N)ccc1CNCc1csc(=O)[nH]1. The lowest BCUT2D eigenvalue weighted by atomic mass is 10.2. The molecule has 1 aromatic carbocycles. The van der Waals surface area contributed by atoms with Crippen LogP contribution in [0.1, 0.15) is 11.3 Å². The first-order valence-corrected chi connectivity index (χ1v) is 6.37. The van der Waals surface area contributed by atoms with E-state index in [2.05, 4.69) is 10.3 Å². The smallest absolute Gasteiger partial charge is 0.304 e. The lowest BCUT2D eigenvalue weighted by Crippen LogP contribution is -2.14. The number of H-pyrrole nitrogens is 1. The first-order valence-electron chi connectivity index (χ1n) is 5.49. The number of benzene rings is 1. The third-order valence-corrected chi connectivity index (χ3v) is 3.23. The molecule has 0 aliphatic carbocycles. The zero-order valence-electron chi connectivity index (χ0n) is 10.0. The molecule has 2 rings (SSSR count). The van der Waals surface area contributed by atoms with E-state index < -0.39 is 0 Å². The molecule has 0 aliphatic rings. The average Bonchev–Trinajstić information content (AvgIpc) is 2.77. The lowest BCUT2D eigenvalue weighted by molar-refractivity contribution is 0.408. The van der Waals surface area contributed by atoms with Crippen molar-refractivity contribution in [2.45, 2.75) is 13.1 Å². The molecule has 5 nitrogen and oxygen atoms in total. The van der Waals surface area contributed by atoms with Gasteiger partial charge in [0.05, 0.1) is 7.11 Å². The van der Waals surface area contributed by atoms with E-state index in [9.17, 15) is 4.79 Å². The number of nitrogens with two attached hydrogens (primary N) is 1. The van der Waals surface area contributed by atoms with E-state index in [0.29, 0.717) is 18.8 Å². The highest BCUT2D eigenvalue weighted by atomic mass is 32.1. The number of methoxy groups -OCH3 is 1. The highest BCUT2D eigenvalue weighted by Gasteiger charge is 2.03. The van der Waals surface area contributed by atoms with E-state index >= 15 is 0 Å². The maximum atomic E-state index is 11.0. The minimum absolute atomic E-state index is 0.0307. The van der Waals surface area contributed by atoms with Gasteiger partial charge in [0.2, 0.25) is 0 Å². The topological polar surface area (TPSA) is 80.1 Å². The predicted molar refractivity (Wildman–Crippen MR) is 72.9 cm³/mol. The number of nitrogen functional groups attached to an aromatic ring is 1. The first-order chi connectivity index (χ1) is 8.69. The van der Waals surface area contributed by atoms with Gasteiger partial charge in [0, 0.05) is 41.5 Å². The Morgan fingerprint density at radius 2 is 2.28 bits per heavy atom. The minimum atomic E-state index is -0.0307. The Labute approximate surface area is 109 Å². The molecule has 0 aliphatic heterocycles. The van der Waals surface area contributed by atoms with Crippen LogP contribution >= 0.6 is 11.3 Å². The molecule has 1 aromatic heterocycles. The second-order valence-electron chi connectivity index (χ2n) is 3.85. The normalized spacial score (nSPS) is 10.5. The zero-order valence-corrected chi connectivity index (χ0v) is 10.8. The molecule has 0 atom stereocenters. The van der Waals surface area contributed by atoms with Crippen LogP contribution in [0.25, 0.3) is 0 Å². The maximum absolute atomic E-state index is 11.0. The number of aromatic nitrogens is 1. The molecule has 18 heavy (non-hydrogen) atoms.